The monoisotopic (exact) mass is 512 g/mol. The first-order chi connectivity index (χ1) is 13.6. The number of nitrogens with one attached hydrogen (secondary N) is 2. The SMILES string of the molecule is CCNC(=NCc1ccc(C)cc1OC(C)C)NCc1nnc2n1CCCC2.I. The summed E-state index contributed by atoms with van der Waals surface area (Å²) in [7, 11) is 0. The van der Waals surface area contributed by atoms with Crippen molar-refractivity contribution in [2.75, 3.05) is 6.54 Å². The molecular formula is C21H33IN6O. The minimum Gasteiger partial charge on any atom is -0.491 e. The highest BCUT2D eigenvalue weighted by atomic mass is 127. The van der Waals surface area contributed by atoms with Gasteiger partial charge in [0.15, 0.2) is 11.8 Å². The molecule has 1 aliphatic heterocycles. The minimum absolute atomic E-state index is 0. The molecule has 2 aromatic rings. The number of benzene rings is 1. The molecule has 0 radical (unpaired) electrons. The van der Waals surface area contributed by atoms with Crippen molar-refractivity contribution < 1.29 is 4.74 Å². The summed E-state index contributed by atoms with van der Waals surface area (Å²) in [5.74, 6) is 3.74. The topological polar surface area (TPSA) is 76.4 Å². The number of hydrogen-bond acceptors (Lipinski definition) is 4. The van der Waals surface area contributed by atoms with Crippen molar-refractivity contribution in [1.29, 1.82) is 0 Å². The van der Waals surface area contributed by atoms with Crippen LogP contribution in [0.4, 0.5) is 0 Å². The molecule has 1 aromatic carbocycles. The molecule has 8 heteroatoms. The van der Waals surface area contributed by atoms with Crippen molar-refractivity contribution in [3.63, 3.8) is 0 Å². The third-order valence-corrected chi connectivity index (χ3v) is 4.69. The van der Waals surface area contributed by atoms with E-state index in [-0.39, 0.29) is 30.1 Å². The van der Waals surface area contributed by atoms with E-state index in [1.54, 1.807) is 0 Å². The number of fused-ring (bicyclic) bond motifs is 1. The zero-order valence-electron chi connectivity index (χ0n) is 17.9. The van der Waals surface area contributed by atoms with Crippen LogP contribution in [0, 0.1) is 6.92 Å². The van der Waals surface area contributed by atoms with Gasteiger partial charge in [0.05, 0.1) is 19.2 Å². The Balaban J connectivity index is 0.00000300. The van der Waals surface area contributed by atoms with E-state index < -0.39 is 0 Å². The zero-order valence-corrected chi connectivity index (χ0v) is 20.2. The van der Waals surface area contributed by atoms with Gasteiger partial charge in [-0.3, -0.25) is 0 Å². The van der Waals surface area contributed by atoms with Crippen LogP contribution in [0.25, 0.3) is 0 Å². The molecule has 1 aromatic heterocycles. The molecule has 0 saturated carbocycles. The summed E-state index contributed by atoms with van der Waals surface area (Å²) in [5.41, 5.74) is 2.27. The number of aryl methyl sites for hydroxylation is 2. The lowest BCUT2D eigenvalue weighted by molar-refractivity contribution is 0.240. The molecule has 0 spiro atoms. The van der Waals surface area contributed by atoms with Crippen molar-refractivity contribution in [1.82, 2.24) is 25.4 Å². The Kier molecular flexibility index (Phi) is 9.19. The van der Waals surface area contributed by atoms with Crippen molar-refractivity contribution in [2.24, 2.45) is 4.99 Å². The fourth-order valence-corrected chi connectivity index (χ4v) is 3.32. The molecule has 7 nitrogen and oxygen atoms in total. The van der Waals surface area contributed by atoms with Crippen LogP contribution in [0.5, 0.6) is 5.75 Å². The molecule has 0 bridgehead atoms. The molecule has 2 N–H and O–H groups in total. The van der Waals surface area contributed by atoms with Gasteiger partial charge >= 0.3 is 0 Å². The van der Waals surface area contributed by atoms with E-state index in [1.807, 2.05) is 13.8 Å². The van der Waals surface area contributed by atoms with Crippen molar-refractivity contribution >= 4 is 29.9 Å². The third kappa shape index (κ3) is 6.58. The largest absolute Gasteiger partial charge is 0.491 e. The lowest BCUT2D eigenvalue weighted by Gasteiger charge is -2.17. The molecule has 29 heavy (non-hydrogen) atoms. The molecule has 0 saturated heterocycles. The van der Waals surface area contributed by atoms with E-state index >= 15 is 0 Å². The number of hydrogen-bond donors (Lipinski definition) is 2. The van der Waals surface area contributed by atoms with E-state index in [9.17, 15) is 0 Å². The summed E-state index contributed by atoms with van der Waals surface area (Å²) in [5, 5.41) is 15.4. The van der Waals surface area contributed by atoms with Gasteiger partial charge in [-0.05, 0) is 52.2 Å². The highest BCUT2D eigenvalue weighted by molar-refractivity contribution is 14.0. The average Bonchev–Trinajstić information content (AvgIpc) is 3.08. The molecule has 2 heterocycles. The van der Waals surface area contributed by atoms with Crippen LogP contribution in [-0.4, -0.2) is 33.4 Å². The van der Waals surface area contributed by atoms with E-state index in [0.717, 1.165) is 48.4 Å². The summed E-state index contributed by atoms with van der Waals surface area (Å²) >= 11 is 0. The zero-order chi connectivity index (χ0) is 19.9. The van der Waals surface area contributed by atoms with Crippen LogP contribution < -0.4 is 15.4 Å². The molecule has 0 amide bonds. The number of ether oxygens (including phenoxy) is 1. The molecule has 1 aliphatic rings. The molecular weight excluding hydrogens is 479 g/mol. The third-order valence-electron chi connectivity index (χ3n) is 4.69. The highest BCUT2D eigenvalue weighted by Crippen LogP contribution is 2.22. The van der Waals surface area contributed by atoms with Gasteiger partial charge in [0.2, 0.25) is 0 Å². The highest BCUT2D eigenvalue weighted by Gasteiger charge is 2.15. The Bertz CT molecular complexity index is 817. The van der Waals surface area contributed by atoms with E-state index in [2.05, 4.69) is 57.4 Å². The Morgan fingerprint density at radius 2 is 2.07 bits per heavy atom. The number of guanidine groups is 1. The molecule has 0 fully saturated rings. The average molecular weight is 512 g/mol. The number of nitrogens with zero attached hydrogens (tertiary/aromatic N) is 4. The van der Waals surface area contributed by atoms with E-state index in [1.165, 1.54) is 18.4 Å². The van der Waals surface area contributed by atoms with Crippen LogP contribution in [0.15, 0.2) is 23.2 Å². The molecule has 0 atom stereocenters. The van der Waals surface area contributed by atoms with Gasteiger partial charge < -0.3 is 19.9 Å². The summed E-state index contributed by atoms with van der Waals surface area (Å²) in [4.78, 5) is 4.75. The summed E-state index contributed by atoms with van der Waals surface area (Å²) in [6.45, 7) is 11.2. The van der Waals surface area contributed by atoms with Crippen LogP contribution >= 0.6 is 24.0 Å². The number of aliphatic imine (C=N–C) groups is 1. The summed E-state index contributed by atoms with van der Waals surface area (Å²) in [6, 6.07) is 6.27. The molecule has 0 unspecified atom stereocenters. The van der Waals surface area contributed by atoms with Crippen LogP contribution in [0.1, 0.15) is 56.4 Å². The summed E-state index contributed by atoms with van der Waals surface area (Å²) < 4.78 is 8.20. The maximum atomic E-state index is 5.97. The normalized spacial score (nSPS) is 13.6. The number of halogens is 1. The molecule has 3 rings (SSSR count). The second kappa shape index (κ2) is 11.4. The van der Waals surface area contributed by atoms with Gasteiger partial charge in [0.25, 0.3) is 0 Å². The van der Waals surface area contributed by atoms with Crippen LogP contribution in [-0.2, 0) is 26.1 Å². The molecule has 0 aliphatic carbocycles. The fraction of sp³-hybridized carbons (Fsp3) is 0.571. The van der Waals surface area contributed by atoms with Gasteiger partial charge in [-0.15, -0.1) is 34.2 Å². The first-order valence-electron chi connectivity index (χ1n) is 10.3. The van der Waals surface area contributed by atoms with Gasteiger partial charge in [0, 0.05) is 25.1 Å². The predicted octanol–water partition coefficient (Wildman–Crippen LogP) is 3.58. The van der Waals surface area contributed by atoms with E-state index in [4.69, 9.17) is 9.73 Å². The quantitative estimate of drug-likeness (QED) is 0.337. The van der Waals surface area contributed by atoms with Gasteiger partial charge in [-0.25, -0.2) is 4.99 Å². The Hall–Kier alpha value is -1.84. The van der Waals surface area contributed by atoms with Crippen LogP contribution in [0.3, 0.4) is 0 Å². The fourth-order valence-electron chi connectivity index (χ4n) is 3.32. The maximum absolute atomic E-state index is 5.97. The second-order valence-electron chi connectivity index (χ2n) is 7.47. The Labute approximate surface area is 190 Å². The first-order valence-corrected chi connectivity index (χ1v) is 10.3. The van der Waals surface area contributed by atoms with E-state index in [0.29, 0.717) is 13.1 Å². The van der Waals surface area contributed by atoms with Gasteiger partial charge in [0.1, 0.15) is 11.6 Å². The van der Waals surface area contributed by atoms with Gasteiger partial charge in [-0.2, -0.15) is 0 Å². The smallest absolute Gasteiger partial charge is 0.191 e. The standard InChI is InChI=1S/C21H32N6O.HI/c1-5-22-21(24-14-20-26-25-19-8-6-7-11-27(19)20)23-13-17-10-9-16(4)12-18(17)28-15(2)3;/h9-10,12,15H,5-8,11,13-14H2,1-4H3,(H2,22,23,24);1H. The van der Waals surface area contributed by atoms with Crippen molar-refractivity contribution in [3.8, 4) is 5.75 Å². The minimum atomic E-state index is 0. The molecule has 160 valence electrons. The second-order valence-corrected chi connectivity index (χ2v) is 7.47. The first kappa shape index (κ1) is 23.4. The number of aromatic nitrogens is 3. The lowest BCUT2D eigenvalue weighted by Crippen LogP contribution is -2.37. The van der Waals surface area contributed by atoms with Crippen molar-refractivity contribution in [2.45, 2.75) is 72.7 Å². The lowest BCUT2D eigenvalue weighted by atomic mass is 10.1. The Morgan fingerprint density at radius 1 is 1.24 bits per heavy atom. The predicted molar refractivity (Wildman–Crippen MR) is 127 cm³/mol. The van der Waals surface area contributed by atoms with Crippen molar-refractivity contribution in [3.05, 3.63) is 41.0 Å². The maximum Gasteiger partial charge on any atom is 0.191 e. The summed E-state index contributed by atoms with van der Waals surface area (Å²) in [6.07, 6.45) is 3.55. The Morgan fingerprint density at radius 3 is 2.83 bits per heavy atom. The number of rotatable bonds is 7. The van der Waals surface area contributed by atoms with Crippen LogP contribution in [0.2, 0.25) is 0 Å². The van der Waals surface area contributed by atoms with Gasteiger partial charge in [-0.1, -0.05) is 12.1 Å².